The van der Waals surface area contributed by atoms with Crippen molar-refractivity contribution in [2.24, 2.45) is 0 Å². The van der Waals surface area contributed by atoms with Crippen molar-refractivity contribution < 1.29 is 14.3 Å². The molecule has 7 heteroatoms. The molecule has 2 amide bonds. The molecule has 38 heavy (non-hydrogen) atoms. The van der Waals surface area contributed by atoms with Crippen LogP contribution in [0.3, 0.4) is 0 Å². The van der Waals surface area contributed by atoms with Crippen molar-refractivity contribution in [3.05, 3.63) is 135 Å². The van der Waals surface area contributed by atoms with Crippen LogP contribution in [0.15, 0.2) is 103 Å². The van der Waals surface area contributed by atoms with Gasteiger partial charge in [0.15, 0.2) is 0 Å². The summed E-state index contributed by atoms with van der Waals surface area (Å²) in [6, 6.07) is 30.4. The Balaban J connectivity index is 1.68. The van der Waals surface area contributed by atoms with Gasteiger partial charge in [0.2, 0.25) is 11.8 Å². The van der Waals surface area contributed by atoms with Crippen LogP contribution in [-0.4, -0.2) is 23.8 Å². The lowest BCUT2D eigenvalue weighted by molar-refractivity contribution is -0.141. The van der Waals surface area contributed by atoms with Crippen LogP contribution in [0.5, 0.6) is 5.75 Å². The highest BCUT2D eigenvalue weighted by Gasteiger charge is 2.31. The lowest BCUT2D eigenvalue weighted by atomic mass is 10.0. The molecule has 0 aliphatic heterocycles. The summed E-state index contributed by atoms with van der Waals surface area (Å²) in [7, 11) is 1.60. The first-order valence-electron chi connectivity index (χ1n) is 12.2. The zero-order valence-electron chi connectivity index (χ0n) is 20.9. The average molecular weight is 547 g/mol. The van der Waals surface area contributed by atoms with Gasteiger partial charge in [0.1, 0.15) is 11.8 Å². The highest BCUT2D eigenvalue weighted by molar-refractivity contribution is 6.31. The predicted octanol–water partition coefficient (Wildman–Crippen LogP) is 6.63. The fraction of sp³-hybridized carbons (Fsp3) is 0.161. The highest BCUT2D eigenvalue weighted by atomic mass is 35.5. The summed E-state index contributed by atoms with van der Waals surface area (Å²) in [6.45, 7) is 0.471. The van der Waals surface area contributed by atoms with Crippen molar-refractivity contribution in [1.29, 1.82) is 0 Å². The van der Waals surface area contributed by atoms with Gasteiger partial charge in [-0.25, -0.2) is 0 Å². The van der Waals surface area contributed by atoms with Crippen LogP contribution in [0.25, 0.3) is 0 Å². The summed E-state index contributed by atoms with van der Waals surface area (Å²) in [5.41, 5.74) is 3.18. The minimum atomic E-state index is -0.861. The normalized spacial score (nSPS) is 11.4. The average Bonchev–Trinajstić information content (AvgIpc) is 2.94. The fourth-order valence-electron chi connectivity index (χ4n) is 4.16. The molecule has 4 aromatic rings. The van der Waals surface area contributed by atoms with Crippen molar-refractivity contribution in [3.63, 3.8) is 0 Å². The van der Waals surface area contributed by atoms with Crippen molar-refractivity contribution in [2.45, 2.75) is 25.6 Å². The summed E-state index contributed by atoms with van der Waals surface area (Å²) >= 11 is 12.4. The second kappa shape index (κ2) is 13.1. The first-order valence-corrected chi connectivity index (χ1v) is 12.9. The quantitative estimate of drug-likeness (QED) is 0.243. The van der Waals surface area contributed by atoms with E-state index in [1.165, 1.54) is 0 Å². The summed E-state index contributed by atoms with van der Waals surface area (Å²) in [5, 5.41) is 4.16. The van der Waals surface area contributed by atoms with Gasteiger partial charge in [-0.1, -0.05) is 96.0 Å². The Morgan fingerprint density at radius 2 is 1.45 bits per heavy atom. The van der Waals surface area contributed by atoms with Gasteiger partial charge < -0.3 is 15.0 Å². The number of hydrogen-bond acceptors (Lipinski definition) is 3. The molecule has 1 unspecified atom stereocenters. The number of carbonyl (C=O) groups excluding carboxylic acids is 2. The van der Waals surface area contributed by atoms with Crippen LogP contribution < -0.4 is 10.1 Å². The molecule has 0 aromatic heterocycles. The molecule has 0 saturated carbocycles. The second-order valence-corrected chi connectivity index (χ2v) is 9.64. The Morgan fingerprint density at radius 3 is 2.11 bits per heavy atom. The van der Waals surface area contributed by atoms with E-state index in [1.54, 1.807) is 30.2 Å². The van der Waals surface area contributed by atoms with Crippen molar-refractivity contribution in [3.8, 4) is 5.75 Å². The number of nitrogens with zero attached hydrogens (tertiary/aromatic N) is 1. The highest BCUT2D eigenvalue weighted by Crippen LogP contribution is 2.26. The molecule has 0 aliphatic rings. The van der Waals surface area contributed by atoms with E-state index in [-0.39, 0.29) is 31.3 Å². The Morgan fingerprint density at radius 1 is 0.816 bits per heavy atom. The number of nitrogens with one attached hydrogen (secondary N) is 1. The minimum absolute atomic E-state index is 0.119. The predicted molar refractivity (Wildman–Crippen MR) is 151 cm³/mol. The first kappa shape index (κ1) is 27.2. The SMILES string of the molecule is COc1ccc(CN(C(=O)Cc2ccc(Cl)cc2)C(C(=O)NCc2ccccc2Cl)c2ccccc2)cc1. The number of ether oxygens (including phenoxy) is 1. The maximum Gasteiger partial charge on any atom is 0.247 e. The third-order valence-corrected chi connectivity index (χ3v) is 6.81. The number of methoxy groups -OCH3 is 1. The molecular weight excluding hydrogens is 519 g/mol. The lowest BCUT2D eigenvalue weighted by Gasteiger charge is -2.32. The van der Waals surface area contributed by atoms with E-state index in [2.05, 4.69) is 5.32 Å². The zero-order valence-corrected chi connectivity index (χ0v) is 22.5. The van der Waals surface area contributed by atoms with E-state index >= 15 is 0 Å². The molecule has 0 spiro atoms. The van der Waals surface area contributed by atoms with Crippen LogP contribution in [-0.2, 0) is 29.1 Å². The van der Waals surface area contributed by atoms with Gasteiger partial charge in [-0.3, -0.25) is 9.59 Å². The minimum Gasteiger partial charge on any atom is -0.497 e. The standard InChI is InChI=1S/C31H28Cl2N2O3/c1-38-27-17-13-23(14-18-27)21-35(29(36)19-22-11-15-26(32)16-12-22)30(24-7-3-2-4-8-24)31(37)34-20-25-9-5-6-10-28(25)33/h2-18,30H,19-21H2,1H3,(H,34,37). The van der Waals surface area contributed by atoms with Gasteiger partial charge in [0, 0.05) is 23.1 Å². The van der Waals surface area contributed by atoms with Crippen LogP contribution in [0, 0.1) is 0 Å². The van der Waals surface area contributed by atoms with Gasteiger partial charge in [-0.2, -0.15) is 0 Å². The molecule has 1 atom stereocenters. The number of halogens is 2. The van der Waals surface area contributed by atoms with E-state index in [0.29, 0.717) is 21.4 Å². The third kappa shape index (κ3) is 7.15. The van der Waals surface area contributed by atoms with Gasteiger partial charge in [0.25, 0.3) is 0 Å². The van der Waals surface area contributed by atoms with E-state index in [0.717, 1.165) is 16.7 Å². The molecule has 194 valence electrons. The number of amides is 2. The van der Waals surface area contributed by atoms with Crippen molar-refractivity contribution >= 4 is 35.0 Å². The first-order chi connectivity index (χ1) is 18.4. The van der Waals surface area contributed by atoms with Crippen LogP contribution in [0.1, 0.15) is 28.3 Å². The molecule has 0 aliphatic carbocycles. The lowest BCUT2D eigenvalue weighted by Crippen LogP contribution is -2.43. The summed E-state index contributed by atoms with van der Waals surface area (Å²) in [4.78, 5) is 29.2. The second-order valence-electron chi connectivity index (χ2n) is 8.80. The van der Waals surface area contributed by atoms with Gasteiger partial charge >= 0.3 is 0 Å². The molecule has 4 aromatic carbocycles. The topological polar surface area (TPSA) is 58.6 Å². The number of rotatable bonds is 10. The molecule has 0 bridgehead atoms. The van der Waals surface area contributed by atoms with Crippen LogP contribution in [0.4, 0.5) is 0 Å². The largest absolute Gasteiger partial charge is 0.497 e. The maximum absolute atomic E-state index is 13.8. The summed E-state index contributed by atoms with van der Waals surface area (Å²) in [6.07, 6.45) is 0.119. The molecule has 1 N–H and O–H groups in total. The Hall–Kier alpha value is -3.80. The van der Waals surface area contributed by atoms with Gasteiger partial charge in [-0.15, -0.1) is 0 Å². The fourth-order valence-corrected chi connectivity index (χ4v) is 4.49. The Labute approximate surface area is 233 Å². The third-order valence-electron chi connectivity index (χ3n) is 6.19. The molecule has 0 radical (unpaired) electrons. The van der Waals surface area contributed by atoms with Gasteiger partial charge in [-0.05, 0) is 52.6 Å². The Kier molecular flexibility index (Phi) is 9.41. The molecule has 0 heterocycles. The van der Waals surface area contributed by atoms with Crippen LogP contribution >= 0.6 is 23.2 Å². The number of hydrogen-bond donors (Lipinski definition) is 1. The molecule has 4 rings (SSSR count). The van der Waals surface area contributed by atoms with Crippen molar-refractivity contribution in [2.75, 3.05) is 7.11 Å². The Bertz CT molecular complexity index is 1360. The number of carbonyl (C=O) groups is 2. The van der Waals surface area contributed by atoms with Gasteiger partial charge in [0.05, 0.1) is 13.5 Å². The molecule has 0 saturated heterocycles. The summed E-state index contributed by atoms with van der Waals surface area (Å²) in [5.74, 6) is 0.226. The maximum atomic E-state index is 13.8. The zero-order chi connectivity index (χ0) is 26.9. The van der Waals surface area contributed by atoms with Crippen LogP contribution in [0.2, 0.25) is 10.0 Å². The monoisotopic (exact) mass is 546 g/mol. The van der Waals surface area contributed by atoms with E-state index in [1.807, 2.05) is 84.9 Å². The van der Waals surface area contributed by atoms with E-state index < -0.39 is 6.04 Å². The molecular formula is C31H28Cl2N2O3. The van der Waals surface area contributed by atoms with E-state index in [4.69, 9.17) is 27.9 Å². The number of benzene rings is 4. The van der Waals surface area contributed by atoms with Crippen molar-refractivity contribution in [1.82, 2.24) is 10.2 Å². The summed E-state index contributed by atoms with van der Waals surface area (Å²) < 4.78 is 5.28. The molecule has 0 fully saturated rings. The molecule has 5 nitrogen and oxygen atoms in total. The van der Waals surface area contributed by atoms with E-state index in [9.17, 15) is 9.59 Å². The smallest absolute Gasteiger partial charge is 0.247 e.